The number of nitrogens with zero attached hydrogens (tertiary/aromatic N) is 3. The van der Waals surface area contributed by atoms with Gasteiger partial charge in [0.15, 0.2) is 0 Å². The number of likely N-dealkylation sites (N-methyl/N-ethyl adjacent to an activating group) is 1. The highest BCUT2D eigenvalue weighted by Gasteiger charge is 2.18. The second kappa shape index (κ2) is 7.40. The minimum atomic E-state index is -0.268. The maximum Gasteiger partial charge on any atom is 0.240 e. The third-order valence-electron chi connectivity index (χ3n) is 3.28. The summed E-state index contributed by atoms with van der Waals surface area (Å²) in [6, 6.07) is 3.29. The average Bonchev–Trinajstić information content (AvgIpc) is 2.85. The second-order valence-electron chi connectivity index (χ2n) is 4.73. The van der Waals surface area contributed by atoms with Gasteiger partial charge in [0.25, 0.3) is 0 Å². The summed E-state index contributed by atoms with van der Waals surface area (Å²) in [6.07, 6.45) is 1.50. The molecule has 23 heavy (non-hydrogen) atoms. The van der Waals surface area contributed by atoms with E-state index in [-0.39, 0.29) is 19.1 Å². The predicted molar refractivity (Wildman–Crippen MR) is 91.5 cm³/mol. The number of imidazole rings is 1. The normalized spacial score (nSPS) is 10.7. The largest absolute Gasteiger partial charge is 0.472 e. The summed E-state index contributed by atoms with van der Waals surface area (Å²) >= 11 is 18.5. The molecule has 2 N–H and O–H groups in total. The van der Waals surface area contributed by atoms with E-state index in [2.05, 4.69) is 4.98 Å². The molecule has 0 radical (unpaired) electrons. The molecule has 0 saturated heterocycles. The Morgan fingerprint density at radius 1 is 1.43 bits per heavy atom. The zero-order chi connectivity index (χ0) is 17.1. The van der Waals surface area contributed by atoms with Crippen LogP contribution in [0.25, 0.3) is 0 Å². The van der Waals surface area contributed by atoms with Crippen molar-refractivity contribution in [1.82, 2.24) is 9.07 Å². The van der Waals surface area contributed by atoms with Crippen LogP contribution in [0.5, 0.6) is 5.88 Å². The summed E-state index contributed by atoms with van der Waals surface area (Å²) in [5, 5.41) is 0.740. The van der Waals surface area contributed by atoms with Crippen LogP contribution >= 0.6 is 35.0 Å². The number of carbonyl (C=O) groups excluding carboxylic acids is 1. The van der Waals surface area contributed by atoms with Gasteiger partial charge in [-0.1, -0.05) is 23.2 Å². The highest BCUT2D eigenvalue weighted by atomic mass is 35.5. The number of hydrogen-bond acceptors (Lipinski definition) is 4. The molecule has 0 saturated carbocycles. The van der Waals surface area contributed by atoms with Crippen molar-refractivity contribution >= 4 is 46.6 Å². The van der Waals surface area contributed by atoms with Gasteiger partial charge in [0.1, 0.15) is 12.4 Å². The number of benzene rings is 1. The van der Waals surface area contributed by atoms with Crippen LogP contribution in [0, 0.1) is 6.92 Å². The molecular formula is C14H15Cl3N4O2. The van der Waals surface area contributed by atoms with Crippen molar-refractivity contribution in [3.8, 4) is 5.88 Å². The number of anilines is 1. The molecule has 0 unspecified atom stereocenters. The molecule has 2 aromatic rings. The average molecular weight is 378 g/mol. The smallest absolute Gasteiger partial charge is 0.240 e. The summed E-state index contributed by atoms with van der Waals surface area (Å²) in [4.78, 5) is 17.1. The van der Waals surface area contributed by atoms with E-state index in [0.717, 1.165) is 0 Å². The summed E-state index contributed by atoms with van der Waals surface area (Å²) in [5.74, 6) is 0.699. The fourth-order valence-corrected chi connectivity index (χ4v) is 2.64. The lowest BCUT2D eigenvalue weighted by molar-refractivity contribution is -0.117. The molecule has 0 spiro atoms. The van der Waals surface area contributed by atoms with Crippen LogP contribution in [0.2, 0.25) is 10.0 Å². The SMILES string of the molecule is Cc1ncc(OCc2c(Cl)ccc(N(C)C(=O)CN)c2Cl)n1Cl. The molecule has 124 valence electrons. The Balaban J connectivity index is 2.28. The molecule has 0 aliphatic carbocycles. The fourth-order valence-electron chi connectivity index (χ4n) is 1.90. The van der Waals surface area contributed by atoms with Gasteiger partial charge in [-0.05, 0) is 19.1 Å². The van der Waals surface area contributed by atoms with E-state index in [4.69, 9.17) is 45.4 Å². The Bertz CT molecular complexity index is 733. The Labute approximate surface area is 148 Å². The number of rotatable bonds is 5. The van der Waals surface area contributed by atoms with Crippen molar-refractivity contribution in [3.05, 3.63) is 39.8 Å². The standard InChI is InChI=1S/C14H15Cl3N4O2/c1-8-19-6-13(21(8)17)23-7-9-10(15)3-4-11(14(9)16)20(2)12(22)5-18/h3-4,6H,5,7,18H2,1-2H3. The van der Waals surface area contributed by atoms with Crippen LogP contribution in [0.1, 0.15) is 11.4 Å². The Morgan fingerprint density at radius 3 is 2.70 bits per heavy atom. The molecule has 2 rings (SSSR count). The molecule has 0 aliphatic rings. The van der Waals surface area contributed by atoms with Crippen LogP contribution in [-0.4, -0.2) is 28.6 Å². The zero-order valence-electron chi connectivity index (χ0n) is 12.5. The number of aryl methyl sites for hydroxylation is 1. The Kier molecular flexibility index (Phi) is 5.75. The van der Waals surface area contributed by atoms with Gasteiger partial charge in [0.2, 0.25) is 11.8 Å². The second-order valence-corrected chi connectivity index (χ2v) is 5.85. The number of amides is 1. The number of aromatic nitrogens is 2. The summed E-state index contributed by atoms with van der Waals surface area (Å²) < 4.78 is 6.89. The highest BCUT2D eigenvalue weighted by molar-refractivity contribution is 6.38. The van der Waals surface area contributed by atoms with E-state index in [0.29, 0.717) is 33.0 Å². The summed E-state index contributed by atoms with van der Waals surface area (Å²) in [5.41, 5.74) is 6.41. The predicted octanol–water partition coefficient (Wildman–Crippen LogP) is 3.00. The van der Waals surface area contributed by atoms with E-state index in [9.17, 15) is 4.79 Å². The van der Waals surface area contributed by atoms with Gasteiger partial charge in [-0.3, -0.25) is 4.79 Å². The third kappa shape index (κ3) is 3.72. The third-order valence-corrected chi connectivity index (χ3v) is 4.47. The van der Waals surface area contributed by atoms with Crippen molar-refractivity contribution in [2.45, 2.75) is 13.5 Å². The van der Waals surface area contributed by atoms with Crippen LogP contribution in [0.4, 0.5) is 5.69 Å². The van der Waals surface area contributed by atoms with Gasteiger partial charge in [-0.25, -0.2) is 9.07 Å². The van der Waals surface area contributed by atoms with Crippen LogP contribution < -0.4 is 15.4 Å². The molecule has 0 fully saturated rings. The van der Waals surface area contributed by atoms with Crippen molar-refractivity contribution < 1.29 is 9.53 Å². The molecule has 1 aromatic carbocycles. The first-order valence-electron chi connectivity index (χ1n) is 6.63. The number of nitrogens with two attached hydrogens (primary N) is 1. The van der Waals surface area contributed by atoms with Crippen molar-refractivity contribution in [2.75, 3.05) is 18.5 Å². The van der Waals surface area contributed by atoms with Gasteiger partial charge in [-0.2, -0.15) is 0 Å². The number of halogens is 3. The first kappa shape index (κ1) is 17.9. The van der Waals surface area contributed by atoms with E-state index >= 15 is 0 Å². The minimum absolute atomic E-state index is 0.0774. The molecule has 1 heterocycles. The number of hydrogen-bond donors (Lipinski definition) is 1. The van der Waals surface area contributed by atoms with Crippen molar-refractivity contribution in [2.24, 2.45) is 5.73 Å². The highest BCUT2D eigenvalue weighted by Crippen LogP contribution is 2.34. The van der Waals surface area contributed by atoms with Gasteiger partial charge < -0.3 is 15.4 Å². The van der Waals surface area contributed by atoms with E-state index in [1.165, 1.54) is 15.2 Å². The van der Waals surface area contributed by atoms with E-state index in [1.807, 2.05) is 0 Å². The molecule has 9 heteroatoms. The monoisotopic (exact) mass is 376 g/mol. The molecule has 1 aromatic heterocycles. The molecule has 1 amide bonds. The van der Waals surface area contributed by atoms with Crippen molar-refractivity contribution in [1.29, 1.82) is 0 Å². The Morgan fingerprint density at radius 2 is 2.13 bits per heavy atom. The topological polar surface area (TPSA) is 73.4 Å². The van der Waals surface area contributed by atoms with Crippen LogP contribution in [0.3, 0.4) is 0 Å². The van der Waals surface area contributed by atoms with Gasteiger partial charge in [0.05, 0.1) is 23.5 Å². The summed E-state index contributed by atoms with van der Waals surface area (Å²) in [7, 11) is 1.59. The minimum Gasteiger partial charge on any atom is -0.472 e. The lowest BCUT2D eigenvalue weighted by Crippen LogP contribution is -2.32. The zero-order valence-corrected chi connectivity index (χ0v) is 14.8. The lowest BCUT2D eigenvalue weighted by Gasteiger charge is -2.20. The molecule has 0 aliphatic heterocycles. The lowest BCUT2D eigenvalue weighted by atomic mass is 10.2. The quantitative estimate of drug-likeness (QED) is 0.869. The number of ether oxygens (including phenoxy) is 1. The molecule has 0 atom stereocenters. The first-order chi connectivity index (χ1) is 10.9. The van der Waals surface area contributed by atoms with Gasteiger partial charge in [0, 0.05) is 29.4 Å². The van der Waals surface area contributed by atoms with Gasteiger partial charge >= 0.3 is 0 Å². The maximum absolute atomic E-state index is 11.7. The molecular weight excluding hydrogens is 363 g/mol. The number of carbonyl (C=O) groups is 1. The van der Waals surface area contributed by atoms with Crippen LogP contribution in [-0.2, 0) is 11.4 Å². The Hall–Kier alpha value is -1.47. The molecule has 0 bridgehead atoms. The first-order valence-corrected chi connectivity index (χ1v) is 7.73. The molecule has 6 nitrogen and oxygen atoms in total. The van der Waals surface area contributed by atoms with Gasteiger partial charge in [-0.15, -0.1) is 0 Å². The van der Waals surface area contributed by atoms with Crippen LogP contribution in [0.15, 0.2) is 18.3 Å². The van der Waals surface area contributed by atoms with E-state index in [1.54, 1.807) is 26.1 Å². The van der Waals surface area contributed by atoms with Crippen molar-refractivity contribution in [3.63, 3.8) is 0 Å². The maximum atomic E-state index is 11.7. The fraction of sp³-hybridized carbons (Fsp3) is 0.286. The van der Waals surface area contributed by atoms with E-state index < -0.39 is 0 Å². The summed E-state index contributed by atoms with van der Waals surface area (Å²) in [6.45, 7) is 1.70.